The molecule has 5 N–H and O–H groups in total. The molecule has 1 aromatic heterocycles. The van der Waals surface area contributed by atoms with Gasteiger partial charge in [-0.15, -0.1) is 11.8 Å². The van der Waals surface area contributed by atoms with Gasteiger partial charge in [-0.1, -0.05) is 5.16 Å². The predicted molar refractivity (Wildman–Crippen MR) is 120 cm³/mol. The molecule has 17 heteroatoms. The average molecular weight is 529 g/mol. The second-order valence-corrected chi connectivity index (χ2v) is 9.59. The van der Waals surface area contributed by atoms with Gasteiger partial charge in [0, 0.05) is 29.8 Å². The van der Waals surface area contributed by atoms with Crippen molar-refractivity contribution in [3.63, 3.8) is 0 Å². The van der Waals surface area contributed by atoms with Crippen LogP contribution in [0.5, 0.6) is 0 Å². The lowest BCUT2D eigenvalue weighted by atomic mass is 10.0. The van der Waals surface area contributed by atoms with E-state index in [1.807, 2.05) is 0 Å². The SMILES string of the molecule is CC(=O)OCC1=C(C(=O)O)N2C(=O)C(NC(=O)/C(=N\OC(C)(C)C(=O)O)c3nsc(N)n3)[C@@H]2SC1. The largest absolute Gasteiger partial charge is 0.478 e. The highest BCUT2D eigenvalue weighted by Crippen LogP contribution is 2.40. The summed E-state index contributed by atoms with van der Waals surface area (Å²) in [6, 6.07) is -1.13. The third-order valence-electron chi connectivity index (χ3n) is 4.73. The molecule has 0 bridgehead atoms. The molecule has 188 valence electrons. The van der Waals surface area contributed by atoms with Gasteiger partial charge in [0.15, 0.2) is 5.13 Å². The van der Waals surface area contributed by atoms with E-state index in [2.05, 4.69) is 19.8 Å². The zero-order chi connectivity index (χ0) is 26.1. The molecule has 0 aromatic carbocycles. The number of ether oxygens (including phenoxy) is 1. The summed E-state index contributed by atoms with van der Waals surface area (Å²) in [6.07, 6.45) is 0. The number of anilines is 1. The van der Waals surface area contributed by atoms with E-state index in [-0.39, 0.29) is 34.6 Å². The zero-order valence-electron chi connectivity index (χ0n) is 18.5. The van der Waals surface area contributed by atoms with Crippen molar-refractivity contribution < 1.29 is 43.8 Å². The Morgan fingerprint density at radius 2 is 2.00 bits per heavy atom. The number of nitrogens with zero attached hydrogens (tertiary/aromatic N) is 4. The number of aromatic nitrogens is 2. The number of β-lactam (4-membered cyclic amide) rings is 1. The number of nitrogens with one attached hydrogen (secondary N) is 1. The number of fused-ring (bicyclic) bond motifs is 1. The second kappa shape index (κ2) is 9.87. The van der Waals surface area contributed by atoms with Gasteiger partial charge in [-0.05, 0) is 13.8 Å². The molecule has 3 heterocycles. The van der Waals surface area contributed by atoms with Gasteiger partial charge >= 0.3 is 17.9 Å². The van der Waals surface area contributed by atoms with E-state index in [4.69, 9.17) is 15.3 Å². The Morgan fingerprint density at radius 3 is 2.54 bits per heavy atom. The van der Waals surface area contributed by atoms with Gasteiger partial charge in [0.1, 0.15) is 23.7 Å². The molecule has 0 spiro atoms. The highest BCUT2D eigenvalue weighted by molar-refractivity contribution is 8.00. The van der Waals surface area contributed by atoms with Gasteiger partial charge in [0.2, 0.25) is 17.1 Å². The average Bonchev–Trinajstić information content (AvgIpc) is 3.20. The molecular weight excluding hydrogens is 508 g/mol. The Morgan fingerprint density at radius 1 is 1.31 bits per heavy atom. The number of hydrogen-bond acceptors (Lipinski definition) is 13. The predicted octanol–water partition coefficient (Wildman–Crippen LogP) is -0.994. The minimum absolute atomic E-state index is 0.00303. The van der Waals surface area contributed by atoms with Crippen LogP contribution in [0.2, 0.25) is 0 Å². The first-order valence-electron chi connectivity index (χ1n) is 9.76. The molecule has 1 unspecified atom stereocenters. The Labute approximate surface area is 205 Å². The normalized spacial score (nSPS) is 20.0. The molecule has 3 rings (SSSR count). The van der Waals surface area contributed by atoms with Gasteiger partial charge in [-0.3, -0.25) is 19.3 Å². The molecule has 35 heavy (non-hydrogen) atoms. The van der Waals surface area contributed by atoms with E-state index < -0.39 is 52.5 Å². The molecule has 1 aromatic rings. The number of aliphatic carboxylic acids is 2. The molecule has 0 aliphatic carbocycles. The Hall–Kier alpha value is -3.73. The van der Waals surface area contributed by atoms with Gasteiger partial charge in [0.05, 0.1) is 0 Å². The summed E-state index contributed by atoms with van der Waals surface area (Å²) in [4.78, 5) is 69.8. The van der Waals surface area contributed by atoms with Crippen molar-refractivity contribution >= 4 is 63.9 Å². The Bertz CT molecular complexity index is 1160. The van der Waals surface area contributed by atoms with E-state index in [0.29, 0.717) is 0 Å². The number of nitrogen functional groups attached to an aromatic ring is 1. The fourth-order valence-electron chi connectivity index (χ4n) is 2.91. The van der Waals surface area contributed by atoms with E-state index in [1.54, 1.807) is 0 Å². The molecule has 15 nitrogen and oxygen atoms in total. The number of carboxylic acids is 2. The van der Waals surface area contributed by atoms with E-state index in [9.17, 15) is 34.2 Å². The van der Waals surface area contributed by atoms with Crippen LogP contribution >= 0.6 is 23.3 Å². The van der Waals surface area contributed by atoms with Crippen LogP contribution in [0.25, 0.3) is 0 Å². The van der Waals surface area contributed by atoms with Crippen LogP contribution in [0.4, 0.5) is 5.13 Å². The lowest BCUT2D eigenvalue weighted by Crippen LogP contribution is -2.71. The maximum atomic E-state index is 13.0. The smallest absolute Gasteiger partial charge is 0.352 e. The summed E-state index contributed by atoms with van der Waals surface area (Å²) < 4.78 is 8.75. The number of thioether (sulfide) groups is 1. The van der Waals surface area contributed by atoms with Crippen molar-refractivity contribution in [2.45, 2.75) is 37.8 Å². The fourth-order valence-corrected chi connectivity index (χ4v) is 4.67. The first-order chi connectivity index (χ1) is 16.3. The Balaban J connectivity index is 1.82. The van der Waals surface area contributed by atoms with Crippen molar-refractivity contribution in [3.05, 3.63) is 17.1 Å². The molecule has 2 aliphatic rings. The molecule has 1 saturated heterocycles. The van der Waals surface area contributed by atoms with Crippen LogP contribution in [0.3, 0.4) is 0 Å². The molecule has 2 amide bonds. The lowest BCUT2D eigenvalue weighted by molar-refractivity contribution is -0.161. The molecule has 2 atom stereocenters. The number of nitrogens with two attached hydrogens (primary N) is 1. The van der Waals surface area contributed by atoms with Gasteiger partial charge in [-0.25, -0.2) is 9.59 Å². The number of esters is 1. The van der Waals surface area contributed by atoms with Gasteiger partial charge < -0.3 is 30.8 Å². The molecule has 0 radical (unpaired) electrons. The summed E-state index contributed by atoms with van der Waals surface area (Å²) >= 11 is 1.92. The quantitative estimate of drug-likeness (QED) is 0.131. The first-order valence-corrected chi connectivity index (χ1v) is 11.6. The minimum Gasteiger partial charge on any atom is -0.478 e. The minimum atomic E-state index is -1.80. The highest BCUT2D eigenvalue weighted by atomic mass is 32.2. The third-order valence-corrected chi connectivity index (χ3v) is 6.62. The molecule has 0 saturated carbocycles. The van der Waals surface area contributed by atoms with Crippen molar-refractivity contribution in [1.29, 1.82) is 0 Å². The van der Waals surface area contributed by atoms with Crippen LogP contribution in [0.1, 0.15) is 26.6 Å². The summed E-state index contributed by atoms with van der Waals surface area (Å²) in [5.41, 5.74) is 3.16. The van der Waals surface area contributed by atoms with Crippen molar-refractivity contribution in [3.8, 4) is 0 Å². The van der Waals surface area contributed by atoms with Gasteiger partial charge in [0.25, 0.3) is 11.8 Å². The number of oxime groups is 1. The summed E-state index contributed by atoms with van der Waals surface area (Å²) in [6.45, 7) is 3.29. The maximum absolute atomic E-state index is 13.0. The van der Waals surface area contributed by atoms with Crippen LogP contribution in [-0.2, 0) is 33.5 Å². The zero-order valence-corrected chi connectivity index (χ0v) is 20.1. The maximum Gasteiger partial charge on any atom is 0.352 e. The van der Waals surface area contributed by atoms with E-state index >= 15 is 0 Å². The van der Waals surface area contributed by atoms with Crippen LogP contribution in [-0.4, -0.2) is 89.3 Å². The van der Waals surface area contributed by atoms with Crippen molar-refractivity contribution in [1.82, 2.24) is 19.6 Å². The third kappa shape index (κ3) is 5.35. The van der Waals surface area contributed by atoms with E-state index in [0.717, 1.165) is 28.2 Å². The topological polar surface area (TPSA) is 224 Å². The van der Waals surface area contributed by atoms with Crippen molar-refractivity contribution in [2.75, 3.05) is 18.1 Å². The summed E-state index contributed by atoms with van der Waals surface area (Å²) in [7, 11) is 0. The number of amides is 2. The first kappa shape index (κ1) is 25.9. The summed E-state index contributed by atoms with van der Waals surface area (Å²) in [5.74, 6) is -5.14. The van der Waals surface area contributed by atoms with E-state index in [1.165, 1.54) is 20.8 Å². The standard InChI is InChI=1S/C18H20N6O9S2/c1-6(25)32-4-7-5-34-14-9(13(27)24(14)10(7)15(28)29)20-12(26)8(11-21-17(19)35-23-11)22-33-18(2,3)16(30)31/h9,14H,4-5H2,1-3H3,(H,20,26)(H,28,29)(H,30,31)(H2,19,21,23)/b22-8-/t9?,14-/m0/s1. The second-order valence-electron chi connectivity index (χ2n) is 7.70. The highest BCUT2D eigenvalue weighted by Gasteiger charge is 2.54. The van der Waals surface area contributed by atoms with Crippen LogP contribution in [0, 0.1) is 0 Å². The number of carbonyl (C=O) groups excluding carboxylic acids is 3. The Kier molecular flexibility index (Phi) is 7.30. The number of carboxylic acid groups (broad SMARTS) is 2. The molecular formula is C18H20N6O9S2. The lowest BCUT2D eigenvalue weighted by Gasteiger charge is -2.49. The molecule has 1 fully saturated rings. The van der Waals surface area contributed by atoms with Crippen LogP contribution < -0.4 is 11.1 Å². The fraction of sp³-hybridized carbons (Fsp3) is 0.444. The molecule has 2 aliphatic heterocycles. The van der Waals surface area contributed by atoms with Crippen LogP contribution in [0.15, 0.2) is 16.4 Å². The number of carbonyl (C=O) groups is 5. The summed E-state index contributed by atoms with van der Waals surface area (Å²) in [5, 5.41) is 24.1. The van der Waals surface area contributed by atoms with Crippen molar-refractivity contribution in [2.24, 2.45) is 5.16 Å². The monoisotopic (exact) mass is 528 g/mol. The number of rotatable bonds is 9. The van der Waals surface area contributed by atoms with Gasteiger partial charge in [-0.2, -0.15) is 9.36 Å². The number of hydrogen-bond donors (Lipinski definition) is 4.